The Labute approximate surface area is 122 Å². The monoisotopic (exact) mass is 283 g/mol. The fourth-order valence-electron chi connectivity index (χ4n) is 2.42. The van der Waals surface area contributed by atoms with Crippen LogP contribution in [0.15, 0.2) is 47.4 Å². The Kier molecular flexibility index (Phi) is 4.04. The Morgan fingerprint density at radius 2 is 2.00 bits per heavy atom. The third-order valence-electron chi connectivity index (χ3n) is 3.55. The molecule has 3 aromatic rings. The van der Waals surface area contributed by atoms with Gasteiger partial charge in [0, 0.05) is 18.4 Å². The van der Waals surface area contributed by atoms with E-state index >= 15 is 0 Å². The smallest absolute Gasteiger partial charge is 0.0890 e. The van der Waals surface area contributed by atoms with Gasteiger partial charge >= 0.3 is 0 Å². The molecule has 0 aliphatic rings. The van der Waals surface area contributed by atoms with Crippen LogP contribution in [0.2, 0.25) is 0 Å². The van der Waals surface area contributed by atoms with Crippen LogP contribution >= 0.6 is 11.3 Å². The number of nitrogens with one attached hydrogen (secondary N) is 1. The molecule has 2 aromatic heterocycles. The molecule has 1 unspecified atom stereocenters. The summed E-state index contributed by atoms with van der Waals surface area (Å²) in [6.45, 7) is 0. The number of nitrogens with zero attached hydrogens (tertiary/aromatic N) is 2. The van der Waals surface area contributed by atoms with Crippen molar-refractivity contribution >= 4 is 22.4 Å². The molecule has 0 fully saturated rings. The fourth-order valence-corrected chi connectivity index (χ4v) is 3.12. The molecule has 0 saturated carbocycles. The Bertz CT molecular complexity index is 679. The van der Waals surface area contributed by atoms with Gasteiger partial charge in [-0.1, -0.05) is 6.07 Å². The minimum Gasteiger partial charge on any atom is -0.313 e. The normalized spacial score (nSPS) is 12.7. The maximum Gasteiger partial charge on any atom is 0.0890 e. The van der Waals surface area contributed by atoms with Crippen LogP contribution in [0.25, 0.3) is 11.0 Å². The van der Waals surface area contributed by atoms with Crippen molar-refractivity contribution in [3.8, 4) is 0 Å². The second-order valence-corrected chi connectivity index (χ2v) is 5.60. The van der Waals surface area contributed by atoms with Crippen LogP contribution < -0.4 is 5.32 Å². The van der Waals surface area contributed by atoms with Gasteiger partial charge in [0.2, 0.25) is 0 Å². The zero-order valence-electron chi connectivity index (χ0n) is 11.4. The molecular weight excluding hydrogens is 266 g/mol. The number of benzene rings is 1. The number of hydrogen-bond acceptors (Lipinski definition) is 4. The van der Waals surface area contributed by atoms with E-state index in [1.54, 1.807) is 23.7 Å². The van der Waals surface area contributed by atoms with Gasteiger partial charge in [-0.05, 0) is 60.0 Å². The molecule has 0 radical (unpaired) electrons. The molecule has 0 saturated heterocycles. The first kappa shape index (κ1) is 13.2. The first-order valence-electron chi connectivity index (χ1n) is 6.76. The summed E-state index contributed by atoms with van der Waals surface area (Å²) in [6.07, 6.45) is 5.65. The largest absolute Gasteiger partial charge is 0.313 e. The third-order valence-corrected chi connectivity index (χ3v) is 4.28. The summed E-state index contributed by atoms with van der Waals surface area (Å²) >= 11 is 1.76. The van der Waals surface area contributed by atoms with E-state index in [-0.39, 0.29) is 0 Å². The first-order chi connectivity index (χ1) is 9.86. The SMILES string of the molecule is CNC(CCc1ccsc1)c1ccc2nccnc2c1. The number of rotatable bonds is 5. The van der Waals surface area contributed by atoms with Gasteiger partial charge in [-0.15, -0.1) is 0 Å². The van der Waals surface area contributed by atoms with Crippen LogP contribution in [0.5, 0.6) is 0 Å². The molecule has 0 bridgehead atoms. The van der Waals surface area contributed by atoms with E-state index in [9.17, 15) is 0 Å². The number of thiophene rings is 1. The topological polar surface area (TPSA) is 37.8 Å². The molecule has 3 nitrogen and oxygen atoms in total. The molecule has 3 rings (SSSR count). The molecule has 4 heteroatoms. The number of aryl methyl sites for hydroxylation is 1. The standard InChI is InChI=1S/C16H17N3S/c1-17-14(4-2-12-6-9-20-11-12)13-3-5-15-16(10-13)19-8-7-18-15/h3,5-11,14,17H,2,4H2,1H3. The summed E-state index contributed by atoms with van der Waals surface area (Å²) in [7, 11) is 2.01. The lowest BCUT2D eigenvalue weighted by molar-refractivity contribution is 0.550. The molecule has 0 spiro atoms. The summed E-state index contributed by atoms with van der Waals surface area (Å²) in [5.41, 5.74) is 4.59. The minimum atomic E-state index is 0.348. The minimum absolute atomic E-state index is 0.348. The van der Waals surface area contributed by atoms with Crippen molar-refractivity contribution < 1.29 is 0 Å². The Balaban J connectivity index is 1.79. The summed E-state index contributed by atoms with van der Waals surface area (Å²) in [6, 6.07) is 8.87. The second-order valence-electron chi connectivity index (χ2n) is 4.82. The first-order valence-corrected chi connectivity index (χ1v) is 7.70. The summed E-state index contributed by atoms with van der Waals surface area (Å²) < 4.78 is 0. The van der Waals surface area contributed by atoms with Gasteiger partial charge in [-0.2, -0.15) is 11.3 Å². The lowest BCUT2D eigenvalue weighted by atomic mass is 9.99. The van der Waals surface area contributed by atoms with Crippen LogP contribution in [-0.2, 0) is 6.42 Å². The number of aromatic nitrogens is 2. The van der Waals surface area contributed by atoms with Crippen molar-refractivity contribution in [1.82, 2.24) is 15.3 Å². The zero-order valence-corrected chi connectivity index (χ0v) is 12.2. The molecule has 20 heavy (non-hydrogen) atoms. The average molecular weight is 283 g/mol. The highest BCUT2D eigenvalue weighted by atomic mass is 32.1. The molecule has 0 amide bonds. The van der Waals surface area contributed by atoms with Crippen molar-refractivity contribution in [2.24, 2.45) is 0 Å². The van der Waals surface area contributed by atoms with Crippen LogP contribution in [0, 0.1) is 0 Å². The van der Waals surface area contributed by atoms with Crippen LogP contribution in [-0.4, -0.2) is 17.0 Å². The highest BCUT2D eigenvalue weighted by Crippen LogP contribution is 2.22. The van der Waals surface area contributed by atoms with Crippen molar-refractivity contribution in [1.29, 1.82) is 0 Å². The van der Waals surface area contributed by atoms with Gasteiger partial charge in [0.05, 0.1) is 11.0 Å². The maximum atomic E-state index is 4.38. The van der Waals surface area contributed by atoms with Gasteiger partial charge in [-0.25, -0.2) is 0 Å². The molecule has 0 aliphatic carbocycles. The van der Waals surface area contributed by atoms with Crippen molar-refractivity contribution in [2.75, 3.05) is 7.05 Å². The Morgan fingerprint density at radius 3 is 2.75 bits per heavy atom. The predicted octanol–water partition coefficient (Wildman–Crippen LogP) is 3.58. The van der Waals surface area contributed by atoms with Gasteiger partial charge in [0.1, 0.15) is 0 Å². The molecular formula is C16H17N3S. The van der Waals surface area contributed by atoms with E-state index in [1.165, 1.54) is 11.1 Å². The van der Waals surface area contributed by atoms with Crippen LogP contribution in [0.4, 0.5) is 0 Å². The Morgan fingerprint density at radius 1 is 1.15 bits per heavy atom. The van der Waals surface area contributed by atoms with E-state index < -0.39 is 0 Å². The third kappa shape index (κ3) is 2.86. The number of fused-ring (bicyclic) bond motifs is 1. The summed E-state index contributed by atoms with van der Waals surface area (Å²) in [5, 5.41) is 7.76. The van der Waals surface area contributed by atoms with E-state index in [2.05, 4.69) is 44.2 Å². The fraction of sp³-hybridized carbons (Fsp3) is 0.250. The predicted molar refractivity (Wildman–Crippen MR) is 84.0 cm³/mol. The lowest BCUT2D eigenvalue weighted by Crippen LogP contribution is -2.17. The molecule has 1 atom stereocenters. The molecule has 102 valence electrons. The average Bonchev–Trinajstić information content (AvgIpc) is 3.01. The van der Waals surface area contributed by atoms with Crippen molar-refractivity contribution in [3.05, 3.63) is 58.5 Å². The van der Waals surface area contributed by atoms with Crippen molar-refractivity contribution in [2.45, 2.75) is 18.9 Å². The van der Waals surface area contributed by atoms with Crippen LogP contribution in [0.1, 0.15) is 23.6 Å². The molecule has 0 aliphatic heterocycles. The van der Waals surface area contributed by atoms with E-state index in [4.69, 9.17) is 0 Å². The summed E-state index contributed by atoms with van der Waals surface area (Å²) in [5.74, 6) is 0. The molecule has 2 heterocycles. The molecule has 1 aromatic carbocycles. The van der Waals surface area contributed by atoms with Gasteiger partial charge in [-0.3, -0.25) is 9.97 Å². The molecule has 1 N–H and O–H groups in total. The van der Waals surface area contributed by atoms with E-state index in [0.717, 1.165) is 23.9 Å². The van der Waals surface area contributed by atoms with Gasteiger partial charge < -0.3 is 5.32 Å². The van der Waals surface area contributed by atoms with Crippen molar-refractivity contribution in [3.63, 3.8) is 0 Å². The van der Waals surface area contributed by atoms with E-state index in [0.29, 0.717) is 6.04 Å². The highest BCUT2D eigenvalue weighted by molar-refractivity contribution is 7.07. The zero-order chi connectivity index (χ0) is 13.8. The lowest BCUT2D eigenvalue weighted by Gasteiger charge is -2.16. The summed E-state index contributed by atoms with van der Waals surface area (Å²) in [4.78, 5) is 8.69. The van der Waals surface area contributed by atoms with Gasteiger partial charge in [0.25, 0.3) is 0 Å². The van der Waals surface area contributed by atoms with Gasteiger partial charge in [0.15, 0.2) is 0 Å². The number of hydrogen-bond donors (Lipinski definition) is 1. The quantitative estimate of drug-likeness (QED) is 0.777. The second kappa shape index (κ2) is 6.11. The van der Waals surface area contributed by atoms with Crippen LogP contribution in [0.3, 0.4) is 0 Å². The Hall–Kier alpha value is -1.78. The van der Waals surface area contributed by atoms with E-state index in [1.807, 2.05) is 13.1 Å². The highest BCUT2D eigenvalue weighted by Gasteiger charge is 2.10. The maximum absolute atomic E-state index is 4.38.